The van der Waals surface area contributed by atoms with Crippen LogP contribution in [0.15, 0.2) is 68.9 Å². The topological polar surface area (TPSA) is 123 Å². The van der Waals surface area contributed by atoms with Crippen molar-refractivity contribution in [3.8, 4) is 0 Å². The average molecular weight is 464 g/mol. The number of aromatic nitrogens is 1. The molecule has 1 unspecified atom stereocenters. The number of Topliss-reactive ketones (excluding diaryl/α,β-unsaturated/α-hetero) is 1. The number of ether oxygens (including phenoxy) is 1. The van der Waals surface area contributed by atoms with Gasteiger partial charge in [0, 0.05) is 5.39 Å². The smallest absolute Gasteiger partial charge is 0.350 e. The van der Waals surface area contributed by atoms with E-state index < -0.39 is 29.5 Å². The number of para-hydroxylation sites is 1. The van der Waals surface area contributed by atoms with Crippen molar-refractivity contribution in [1.29, 1.82) is 0 Å². The Morgan fingerprint density at radius 2 is 2.00 bits per heavy atom. The van der Waals surface area contributed by atoms with E-state index in [2.05, 4.69) is 4.98 Å². The molecule has 9 nitrogen and oxygen atoms in total. The number of anilines is 1. The number of ketones is 1. The van der Waals surface area contributed by atoms with E-state index in [9.17, 15) is 19.5 Å². The summed E-state index contributed by atoms with van der Waals surface area (Å²) in [7, 11) is 1.24. The van der Waals surface area contributed by atoms with Gasteiger partial charge in [-0.3, -0.25) is 14.5 Å². The second kappa shape index (κ2) is 7.75. The van der Waals surface area contributed by atoms with Gasteiger partial charge in [-0.1, -0.05) is 29.5 Å². The third-order valence-electron chi connectivity index (χ3n) is 5.28. The second-order valence-electron chi connectivity index (χ2n) is 7.24. The van der Waals surface area contributed by atoms with Gasteiger partial charge in [-0.25, -0.2) is 9.78 Å². The largest absolute Gasteiger partial charge is 0.503 e. The van der Waals surface area contributed by atoms with E-state index in [1.54, 1.807) is 49.4 Å². The fraction of sp³-hybridized carbons (Fsp3) is 0.130. The van der Waals surface area contributed by atoms with E-state index in [1.165, 1.54) is 13.4 Å². The molecular weight excluding hydrogens is 448 g/mol. The monoisotopic (exact) mass is 464 g/mol. The van der Waals surface area contributed by atoms with Crippen molar-refractivity contribution in [2.45, 2.75) is 13.0 Å². The molecule has 1 aromatic carbocycles. The number of amides is 1. The van der Waals surface area contributed by atoms with Crippen LogP contribution in [-0.2, 0) is 9.53 Å². The Morgan fingerprint density at radius 3 is 2.70 bits per heavy atom. The number of rotatable bonds is 5. The zero-order valence-corrected chi connectivity index (χ0v) is 18.2. The van der Waals surface area contributed by atoms with Crippen LogP contribution in [-0.4, -0.2) is 34.9 Å². The van der Waals surface area contributed by atoms with Crippen LogP contribution in [0.1, 0.15) is 37.7 Å². The van der Waals surface area contributed by atoms with E-state index in [0.717, 1.165) is 16.2 Å². The number of carbonyl (C=O) groups excluding carboxylic acids is 3. The predicted molar refractivity (Wildman–Crippen MR) is 117 cm³/mol. The van der Waals surface area contributed by atoms with Crippen molar-refractivity contribution in [3.63, 3.8) is 0 Å². The van der Waals surface area contributed by atoms with Gasteiger partial charge < -0.3 is 18.7 Å². The van der Waals surface area contributed by atoms with Crippen LogP contribution in [0.3, 0.4) is 0 Å². The van der Waals surface area contributed by atoms with Gasteiger partial charge in [0.25, 0.3) is 5.91 Å². The van der Waals surface area contributed by atoms with Gasteiger partial charge in [-0.05, 0) is 31.2 Å². The highest BCUT2D eigenvalue weighted by molar-refractivity contribution is 7.17. The van der Waals surface area contributed by atoms with Crippen LogP contribution in [0, 0.1) is 6.92 Å². The molecule has 0 bridgehead atoms. The maximum Gasteiger partial charge on any atom is 0.350 e. The Bertz CT molecular complexity index is 1410. The number of hydrogen-bond donors (Lipinski definition) is 1. The minimum Gasteiger partial charge on any atom is -0.503 e. The highest BCUT2D eigenvalue weighted by Gasteiger charge is 2.48. The van der Waals surface area contributed by atoms with Crippen molar-refractivity contribution >= 4 is 45.1 Å². The van der Waals surface area contributed by atoms with E-state index in [4.69, 9.17) is 13.6 Å². The Balaban J connectivity index is 1.63. The van der Waals surface area contributed by atoms with Crippen LogP contribution >= 0.6 is 11.3 Å². The maximum absolute atomic E-state index is 13.5. The number of hydrogen-bond acceptors (Lipinski definition) is 9. The first-order chi connectivity index (χ1) is 15.9. The van der Waals surface area contributed by atoms with Gasteiger partial charge in [0.1, 0.15) is 22.3 Å². The number of fused-ring (bicyclic) bond motifs is 1. The standard InChI is InChI=1S/C23H16N2O7S/c1-11-20(22(29)30-2)33-23(24-11)25-17(14-8-5-9-31-14)16(19(27)21(25)28)18(26)15-10-12-6-3-4-7-13(12)32-15/h3-10,17,27H,1-2H3. The Labute approximate surface area is 190 Å². The molecule has 1 aliphatic heterocycles. The first kappa shape index (κ1) is 20.7. The molecule has 0 saturated carbocycles. The SMILES string of the molecule is COC(=O)c1sc(N2C(=O)C(O)=C(C(=O)c3cc4ccccc4o3)C2c2ccco2)nc1C. The molecule has 0 saturated heterocycles. The number of carbonyl (C=O) groups is 3. The van der Waals surface area contributed by atoms with E-state index in [0.29, 0.717) is 16.7 Å². The fourth-order valence-electron chi connectivity index (χ4n) is 3.74. The number of benzene rings is 1. The summed E-state index contributed by atoms with van der Waals surface area (Å²) in [6.45, 7) is 1.60. The minimum atomic E-state index is -1.11. The molecule has 3 aromatic heterocycles. The molecule has 1 N–H and O–H groups in total. The lowest BCUT2D eigenvalue weighted by atomic mass is 10.00. The number of aryl methyl sites for hydroxylation is 1. The lowest BCUT2D eigenvalue weighted by Gasteiger charge is -2.21. The molecule has 4 aromatic rings. The second-order valence-corrected chi connectivity index (χ2v) is 8.21. The molecule has 0 aliphatic carbocycles. The van der Waals surface area contributed by atoms with Gasteiger partial charge in [-0.15, -0.1) is 0 Å². The molecule has 166 valence electrons. The molecule has 1 amide bonds. The molecule has 0 spiro atoms. The molecule has 0 fully saturated rings. The van der Waals surface area contributed by atoms with Crippen molar-refractivity contribution in [2.75, 3.05) is 12.0 Å². The first-order valence-electron chi connectivity index (χ1n) is 9.79. The van der Waals surface area contributed by atoms with Gasteiger partial charge >= 0.3 is 5.97 Å². The number of methoxy groups -OCH3 is 1. The van der Waals surface area contributed by atoms with Crippen molar-refractivity contribution < 1.29 is 33.1 Å². The Hall–Kier alpha value is -4.18. The molecule has 0 radical (unpaired) electrons. The lowest BCUT2D eigenvalue weighted by molar-refractivity contribution is -0.117. The van der Waals surface area contributed by atoms with Crippen LogP contribution in [0.25, 0.3) is 11.0 Å². The van der Waals surface area contributed by atoms with E-state index in [-0.39, 0.29) is 27.1 Å². The number of nitrogens with zero attached hydrogens (tertiary/aromatic N) is 2. The molecule has 1 aliphatic rings. The average Bonchev–Trinajstić information content (AvgIpc) is 3.59. The molecule has 10 heteroatoms. The van der Waals surface area contributed by atoms with Gasteiger partial charge in [-0.2, -0.15) is 0 Å². The third kappa shape index (κ3) is 3.23. The highest BCUT2D eigenvalue weighted by atomic mass is 32.1. The minimum absolute atomic E-state index is 0.0328. The fourth-order valence-corrected chi connectivity index (χ4v) is 4.76. The number of aliphatic hydroxyl groups excluding tert-OH is 1. The summed E-state index contributed by atoms with van der Waals surface area (Å²) in [5.41, 5.74) is 0.640. The molecule has 1 atom stereocenters. The van der Waals surface area contributed by atoms with Gasteiger partial charge in [0.15, 0.2) is 16.7 Å². The summed E-state index contributed by atoms with van der Waals surface area (Å²) in [6.07, 6.45) is 1.39. The summed E-state index contributed by atoms with van der Waals surface area (Å²) in [5, 5.41) is 11.6. The van der Waals surface area contributed by atoms with Gasteiger partial charge in [0.2, 0.25) is 5.78 Å². The number of esters is 1. The van der Waals surface area contributed by atoms with Crippen LogP contribution in [0.2, 0.25) is 0 Å². The summed E-state index contributed by atoms with van der Waals surface area (Å²) in [6, 6.07) is 10.7. The zero-order chi connectivity index (χ0) is 23.3. The summed E-state index contributed by atoms with van der Waals surface area (Å²) in [4.78, 5) is 44.3. The van der Waals surface area contributed by atoms with Crippen LogP contribution in [0.5, 0.6) is 0 Å². The third-order valence-corrected chi connectivity index (χ3v) is 6.41. The maximum atomic E-state index is 13.5. The molecular formula is C23H16N2O7S. The zero-order valence-electron chi connectivity index (χ0n) is 17.4. The van der Waals surface area contributed by atoms with Crippen molar-refractivity contribution in [3.05, 3.63) is 82.2 Å². The Morgan fingerprint density at radius 1 is 1.21 bits per heavy atom. The van der Waals surface area contributed by atoms with Crippen molar-refractivity contribution in [1.82, 2.24) is 4.98 Å². The van der Waals surface area contributed by atoms with Crippen LogP contribution < -0.4 is 4.90 Å². The Kier molecular flexibility index (Phi) is 4.86. The number of aliphatic hydroxyl groups is 1. The van der Waals surface area contributed by atoms with E-state index >= 15 is 0 Å². The normalized spacial score (nSPS) is 16.1. The molecule has 33 heavy (non-hydrogen) atoms. The van der Waals surface area contributed by atoms with Crippen LogP contribution in [0.4, 0.5) is 5.13 Å². The predicted octanol–water partition coefficient (Wildman–Crippen LogP) is 4.36. The summed E-state index contributed by atoms with van der Waals surface area (Å²) >= 11 is 0.915. The number of thiazole rings is 1. The number of furan rings is 2. The van der Waals surface area contributed by atoms with E-state index in [1.807, 2.05) is 0 Å². The summed E-state index contributed by atoms with van der Waals surface area (Å²) in [5.74, 6) is -2.65. The van der Waals surface area contributed by atoms with Gasteiger partial charge in [0.05, 0.1) is 24.6 Å². The van der Waals surface area contributed by atoms with Crippen molar-refractivity contribution in [2.24, 2.45) is 0 Å². The molecule has 5 rings (SSSR count). The first-order valence-corrected chi connectivity index (χ1v) is 10.6. The highest BCUT2D eigenvalue weighted by Crippen LogP contribution is 2.44. The lowest BCUT2D eigenvalue weighted by Crippen LogP contribution is -2.30. The quantitative estimate of drug-likeness (QED) is 0.341. The summed E-state index contributed by atoms with van der Waals surface area (Å²) < 4.78 is 16.0. The molecule has 4 heterocycles.